The van der Waals surface area contributed by atoms with Gasteiger partial charge in [0, 0.05) is 6.54 Å². The number of furan rings is 1. The highest BCUT2D eigenvalue weighted by Gasteiger charge is 2.10. The zero-order valence-corrected chi connectivity index (χ0v) is 12.9. The molecule has 0 atom stereocenters. The van der Waals surface area contributed by atoms with Gasteiger partial charge in [-0.25, -0.2) is 10.2 Å². The van der Waals surface area contributed by atoms with Gasteiger partial charge in [-0.1, -0.05) is 6.42 Å². The van der Waals surface area contributed by atoms with Crippen LogP contribution in [0.2, 0.25) is 0 Å². The van der Waals surface area contributed by atoms with E-state index in [1.54, 1.807) is 0 Å². The van der Waals surface area contributed by atoms with Crippen LogP contribution in [0.1, 0.15) is 31.4 Å². The van der Waals surface area contributed by atoms with E-state index in [9.17, 15) is 14.9 Å². The fourth-order valence-corrected chi connectivity index (χ4v) is 2.39. The van der Waals surface area contributed by atoms with Gasteiger partial charge in [0.05, 0.1) is 12.3 Å². The number of carbonyl (C=O) groups excluding carboxylic acids is 1. The predicted octanol–water partition coefficient (Wildman–Crippen LogP) is 1.70. The third-order valence-corrected chi connectivity index (χ3v) is 3.54. The number of amides is 2. The maximum absolute atomic E-state index is 11.5. The molecule has 1 aliphatic rings. The van der Waals surface area contributed by atoms with Gasteiger partial charge in [0.25, 0.3) is 0 Å². The third kappa shape index (κ3) is 6.07. The number of hydrogen-bond acceptors (Lipinski definition) is 6. The second kappa shape index (κ2) is 8.89. The quantitative estimate of drug-likeness (QED) is 0.343. The molecule has 0 bridgehead atoms. The average Bonchev–Trinajstić information content (AvgIpc) is 3.02. The summed E-state index contributed by atoms with van der Waals surface area (Å²) in [6.45, 7) is 3.85. The van der Waals surface area contributed by atoms with Crippen molar-refractivity contribution in [1.82, 2.24) is 15.6 Å². The fraction of sp³-hybridized carbons (Fsp3) is 0.571. The van der Waals surface area contributed by atoms with Gasteiger partial charge in [-0.05, 0) is 45.0 Å². The first-order valence-electron chi connectivity index (χ1n) is 7.68. The number of piperidine rings is 1. The molecule has 0 aromatic carbocycles. The Bertz CT molecular complexity index is 551. The highest BCUT2D eigenvalue weighted by molar-refractivity contribution is 5.79. The van der Waals surface area contributed by atoms with Gasteiger partial charge in [-0.3, -0.25) is 10.1 Å². The van der Waals surface area contributed by atoms with E-state index in [4.69, 9.17) is 4.42 Å². The topological polar surface area (TPSA) is 113 Å². The van der Waals surface area contributed by atoms with Crippen LogP contribution in [0.3, 0.4) is 0 Å². The Morgan fingerprint density at radius 1 is 1.39 bits per heavy atom. The van der Waals surface area contributed by atoms with Gasteiger partial charge in [0.1, 0.15) is 4.92 Å². The Kier molecular flexibility index (Phi) is 6.55. The molecule has 0 spiro atoms. The van der Waals surface area contributed by atoms with Crippen LogP contribution >= 0.6 is 0 Å². The largest absolute Gasteiger partial charge is 0.433 e. The summed E-state index contributed by atoms with van der Waals surface area (Å²) in [6, 6.07) is 2.21. The predicted molar refractivity (Wildman–Crippen MR) is 84.4 cm³/mol. The van der Waals surface area contributed by atoms with Crippen LogP contribution in [-0.2, 0) is 0 Å². The third-order valence-electron chi connectivity index (χ3n) is 3.54. The minimum Gasteiger partial charge on any atom is -0.400 e. The average molecular weight is 323 g/mol. The van der Waals surface area contributed by atoms with Crippen LogP contribution in [0.25, 0.3) is 0 Å². The molecule has 126 valence electrons. The Balaban J connectivity index is 1.58. The minimum atomic E-state index is -0.639. The molecule has 9 heteroatoms. The maximum atomic E-state index is 11.5. The first-order chi connectivity index (χ1) is 11.1. The molecule has 0 radical (unpaired) electrons. The fourth-order valence-electron chi connectivity index (χ4n) is 2.39. The lowest BCUT2D eigenvalue weighted by molar-refractivity contribution is -0.402. The molecule has 1 saturated heterocycles. The summed E-state index contributed by atoms with van der Waals surface area (Å²) in [4.78, 5) is 23.7. The normalized spacial score (nSPS) is 15.7. The van der Waals surface area contributed by atoms with Gasteiger partial charge in [-0.2, -0.15) is 5.10 Å². The summed E-state index contributed by atoms with van der Waals surface area (Å²) < 4.78 is 4.87. The summed E-state index contributed by atoms with van der Waals surface area (Å²) >= 11 is 0. The number of hydrazone groups is 1. The summed E-state index contributed by atoms with van der Waals surface area (Å²) in [6.07, 6.45) is 5.93. The van der Waals surface area contributed by atoms with E-state index in [1.807, 2.05) is 0 Å². The lowest BCUT2D eigenvalue weighted by atomic mass is 10.1. The zero-order valence-electron chi connectivity index (χ0n) is 12.9. The van der Waals surface area contributed by atoms with Crippen molar-refractivity contribution in [2.24, 2.45) is 5.10 Å². The first-order valence-corrected chi connectivity index (χ1v) is 7.68. The van der Waals surface area contributed by atoms with E-state index < -0.39 is 11.0 Å². The Labute approximate surface area is 133 Å². The van der Waals surface area contributed by atoms with Crippen molar-refractivity contribution >= 4 is 18.1 Å². The molecule has 0 aliphatic carbocycles. The standard InChI is InChI=1S/C14H21N5O4/c20-14(15-7-4-10-18-8-2-1-3-9-18)17-16-11-12-5-6-13(23-12)19(21)22/h5-6,11H,1-4,7-10H2,(H2,15,17,20)/b16-11+. The van der Waals surface area contributed by atoms with Crippen molar-refractivity contribution in [1.29, 1.82) is 0 Å². The van der Waals surface area contributed by atoms with Gasteiger partial charge < -0.3 is 14.6 Å². The first kappa shape index (κ1) is 16.9. The molecule has 0 unspecified atom stereocenters. The molecule has 2 rings (SSSR count). The molecule has 9 nitrogen and oxygen atoms in total. The Morgan fingerprint density at radius 2 is 2.17 bits per heavy atom. The highest BCUT2D eigenvalue weighted by Crippen LogP contribution is 2.13. The SMILES string of the molecule is O=C(NCCCN1CCCCC1)N/N=C/c1ccc([N+](=O)[O-])o1. The van der Waals surface area contributed by atoms with E-state index in [-0.39, 0.29) is 11.6 Å². The van der Waals surface area contributed by atoms with Crippen molar-refractivity contribution in [3.63, 3.8) is 0 Å². The molecule has 2 amide bonds. The van der Waals surface area contributed by atoms with Gasteiger partial charge >= 0.3 is 11.9 Å². The number of urea groups is 1. The van der Waals surface area contributed by atoms with Crippen molar-refractivity contribution in [3.05, 3.63) is 28.0 Å². The van der Waals surface area contributed by atoms with Crippen molar-refractivity contribution in [2.45, 2.75) is 25.7 Å². The number of carbonyl (C=O) groups is 1. The number of likely N-dealkylation sites (tertiary alicyclic amines) is 1. The van der Waals surface area contributed by atoms with Gasteiger partial charge in [0.2, 0.25) is 0 Å². The minimum absolute atomic E-state index is 0.196. The van der Waals surface area contributed by atoms with Crippen LogP contribution in [0.5, 0.6) is 0 Å². The number of nitrogens with zero attached hydrogens (tertiary/aromatic N) is 3. The number of nitro groups is 1. The summed E-state index contributed by atoms with van der Waals surface area (Å²) in [7, 11) is 0. The Hall–Kier alpha value is -2.42. The number of rotatable bonds is 7. The number of nitrogens with one attached hydrogen (secondary N) is 2. The monoisotopic (exact) mass is 323 g/mol. The summed E-state index contributed by atoms with van der Waals surface area (Å²) in [5.41, 5.74) is 2.28. The molecule has 2 N–H and O–H groups in total. The second-order valence-electron chi connectivity index (χ2n) is 5.31. The lowest BCUT2D eigenvalue weighted by Gasteiger charge is -2.26. The molecule has 23 heavy (non-hydrogen) atoms. The van der Waals surface area contributed by atoms with Crippen molar-refractivity contribution in [3.8, 4) is 0 Å². The molecule has 0 saturated carbocycles. The smallest absolute Gasteiger partial charge is 0.400 e. The molecule has 1 aliphatic heterocycles. The van der Waals surface area contributed by atoms with Crippen molar-refractivity contribution < 1.29 is 14.1 Å². The van der Waals surface area contributed by atoms with E-state index in [0.717, 1.165) is 26.1 Å². The van der Waals surface area contributed by atoms with E-state index >= 15 is 0 Å². The molecular weight excluding hydrogens is 302 g/mol. The van der Waals surface area contributed by atoms with Crippen LogP contribution in [0, 0.1) is 10.1 Å². The van der Waals surface area contributed by atoms with Gasteiger partial charge in [0.15, 0.2) is 5.76 Å². The molecule has 1 fully saturated rings. The highest BCUT2D eigenvalue weighted by atomic mass is 16.6. The van der Waals surface area contributed by atoms with Crippen LogP contribution < -0.4 is 10.7 Å². The second-order valence-corrected chi connectivity index (χ2v) is 5.31. The lowest BCUT2D eigenvalue weighted by Crippen LogP contribution is -2.36. The van der Waals surface area contributed by atoms with Crippen LogP contribution in [-0.4, -0.2) is 48.2 Å². The van der Waals surface area contributed by atoms with Crippen LogP contribution in [0.4, 0.5) is 10.7 Å². The van der Waals surface area contributed by atoms with E-state index in [0.29, 0.717) is 6.54 Å². The zero-order chi connectivity index (χ0) is 16.5. The number of hydrogen-bond donors (Lipinski definition) is 2. The maximum Gasteiger partial charge on any atom is 0.433 e. The Morgan fingerprint density at radius 3 is 2.87 bits per heavy atom. The molecule has 2 heterocycles. The molecule has 1 aromatic heterocycles. The summed E-state index contributed by atoms with van der Waals surface area (Å²) in [5.74, 6) is -0.171. The molecular formula is C14H21N5O4. The van der Waals surface area contributed by atoms with E-state index in [1.165, 1.54) is 37.6 Å². The van der Waals surface area contributed by atoms with Gasteiger partial charge in [-0.15, -0.1) is 0 Å². The van der Waals surface area contributed by atoms with E-state index in [2.05, 4.69) is 20.7 Å². The molecule has 1 aromatic rings. The summed E-state index contributed by atoms with van der Waals surface area (Å²) in [5, 5.41) is 16.8. The van der Waals surface area contributed by atoms with Crippen LogP contribution in [0.15, 0.2) is 21.7 Å². The van der Waals surface area contributed by atoms with Crippen molar-refractivity contribution in [2.75, 3.05) is 26.2 Å².